The minimum Gasteiger partial charge on any atom is -0.215 e. The topological polar surface area (TPSA) is 89.8 Å². The highest BCUT2D eigenvalue weighted by Crippen LogP contribution is 2.21. The summed E-state index contributed by atoms with van der Waals surface area (Å²) >= 11 is 1.40. The van der Waals surface area contributed by atoms with Gasteiger partial charge in [0.1, 0.15) is 0 Å². The molecule has 0 saturated carbocycles. The van der Waals surface area contributed by atoms with Gasteiger partial charge < -0.3 is 0 Å². The number of nitrogens with zero attached hydrogens (tertiary/aromatic N) is 4. The van der Waals surface area contributed by atoms with Crippen LogP contribution in [0.4, 0.5) is 0 Å². The first kappa shape index (κ1) is 15.9. The molecule has 0 fully saturated rings. The maximum atomic E-state index is 11.0. The zero-order valence-corrected chi connectivity index (χ0v) is 13.7. The fraction of sp³-hybridized carbons (Fsp3) is 0.417. The monoisotopic (exact) mass is 327 g/mol. The van der Waals surface area contributed by atoms with Crippen molar-refractivity contribution in [3.05, 3.63) is 29.3 Å². The van der Waals surface area contributed by atoms with E-state index in [1.165, 1.54) is 11.8 Å². The van der Waals surface area contributed by atoms with Crippen LogP contribution in [0.25, 0.3) is 5.69 Å². The summed E-state index contributed by atoms with van der Waals surface area (Å²) in [5.74, 6) is 0.554. The van der Waals surface area contributed by atoms with Crippen LogP contribution in [-0.2, 0) is 10.0 Å². The maximum Gasteiger partial charge on any atom is 0.214 e. The van der Waals surface area contributed by atoms with E-state index in [4.69, 9.17) is 0 Å². The highest BCUT2D eigenvalue weighted by molar-refractivity contribution is 7.99. The van der Waals surface area contributed by atoms with Gasteiger partial charge in [0.05, 0.1) is 11.9 Å². The van der Waals surface area contributed by atoms with Crippen LogP contribution in [0.1, 0.15) is 11.1 Å². The van der Waals surface area contributed by atoms with Crippen LogP contribution in [0.15, 0.2) is 23.4 Å². The Kier molecular flexibility index (Phi) is 4.96. The molecule has 2 rings (SSSR count). The fourth-order valence-electron chi connectivity index (χ4n) is 1.75. The second kappa shape index (κ2) is 6.54. The summed E-state index contributed by atoms with van der Waals surface area (Å²) in [7, 11) is -3.16. The predicted octanol–water partition coefficient (Wildman–Crippen LogP) is 0.920. The lowest BCUT2D eigenvalue weighted by atomic mass is 10.1. The van der Waals surface area contributed by atoms with Gasteiger partial charge in [0.15, 0.2) is 0 Å². The Labute approximate surface area is 128 Å². The van der Waals surface area contributed by atoms with E-state index in [1.807, 2.05) is 32.0 Å². The van der Waals surface area contributed by atoms with Gasteiger partial charge in [0.25, 0.3) is 0 Å². The van der Waals surface area contributed by atoms with E-state index in [0.717, 1.165) is 23.1 Å². The maximum absolute atomic E-state index is 11.0. The molecule has 1 N–H and O–H groups in total. The Morgan fingerprint density at radius 1 is 1.33 bits per heavy atom. The van der Waals surface area contributed by atoms with Crippen molar-refractivity contribution >= 4 is 21.8 Å². The lowest BCUT2D eigenvalue weighted by Crippen LogP contribution is -2.24. The third kappa shape index (κ3) is 4.26. The van der Waals surface area contributed by atoms with Crippen LogP contribution < -0.4 is 4.72 Å². The number of hydrogen-bond acceptors (Lipinski definition) is 6. The van der Waals surface area contributed by atoms with Crippen LogP contribution in [-0.4, -0.2) is 47.2 Å². The van der Waals surface area contributed by atoms with Gasteiger partial charge in [-0.25, -0.2) is 13.1 Å². The van der Waals surface area contributed by atoms with E-state index in [9.17, 15) is 8.42 Å². The zero-order chi connectivity index (χ0) is 15.5. The van der Waals surface area contributed by atoms with Crippen molar-refractivity contribution in [1.82, 2.24) is 24.9 Å². The summed E-state index contributed by atoms with van der Waals surface area (Å²) in [5, 5.41) is 12.3. The molecule has 1 aromatic heterocycles. The molecule has 2 aromatic rings. The van der Waals surface area contributed by atoms with Crippen molar-refractivity contribution in [3.8, 4) is 5.69 Å². The standard InChI is InChI=1S/C12H17N5O2S2/c1-9-5-4-6-11(10(9)2)17-12(14-15-16-17)20-8-7-13-21(3,18)19/h4-6,13H,7-8H2,1-3H3. The van der Waals surface area contributed by atoms with Crippen LogP contribution in [0, 0.1) is 13.8 Å². The highest BCUT2D eigenvalue weighted by Gasteiger charge is 2.12. The molecule has 0 spiro atoms. The quantitative estimate of drug-likeness (QED) is 0.627. The zero-order valence-electron chi connectivity index (χ0n) is 12.1. The molecular formula is C12H17N5O2S2. The smallest absolute Gasteiger partial charge is 0.214 e. The molecule has 0 aliphatic rings. The number of tetrazole rings is 1. The van der Waals surface area contributed by atoms with Gasteiger partial charge in [-0.2, -0.15) is 4.68 Å². The molecule has 0 aliphatic carbocycles. The first-order valence-electron chi connectivity index (χ1n) is 6.31. The molecular weight excluding hydrogens is 310 g/mol. The SMILES string of the molecule is Cc1cccc(-n2nnnc2SCCNS(C)(=O)=O)c1C. The van der Waals surface area contributed by atoms with Crippen LogP contribution in [0.2, 0.25) is 0 Å². The molecule has 7 nitrogen and oxygen atoms in total. The second-order valence-electron chi connectivity index (χ2n) is 4.61. The van der Waals surface area contributed by atoms with Gasteiger partial charge in [0, 0.05) is 12.3 Å². The van der Waals surface area contributed by atoms with Crippen molar-refractivity contribution in [2.24, 2.45) is 0 Å². The third-order valence-electron chi connectivity index (χ3n) is 2.94. The molecule has 21 heavy (non-hydrogen) atoms. The van der Waals surface area contributed by atoms with E-state index in [0.29, 0.717) is 17.5 Å². The van der Waals surface area contributed by atoms with Gasteiger partial charge in [-0.15, -0.1) is 5.10 Å². The van der Waals surface area contributed by atoms with E-state index in [1.54, 1.807) is 4.68 Å². The molecule has 0 bridgehead atoms. The first-order chi connectivity index (χ1) is 9.88. The Bertz CT molecular complexity index is 727. The molecule has 0 radical (unpaired) electrons. The third-order valence-corrected chi connectivity index (χ3v) is 4.59. The molecule has 0 amide bonds. The summed E-state index contributed by atoms with van der Waals surface area (Å²) in [6.45, 7) is 4.39. The number of aromatic nitrogens is 4. The number of sulfonamides is 1. The van der Waals surface area contributed by atoms with Crippen molar-refractivity contribution in [2.75, 3.05) is 18.6 Å². The molecule has 114 valence electrons. The van der Waals surface area contributed by atoms with Gasteiger partial charge in [0.2, 0.25) is 15.2 Å². The highest BCUT2D eigenvalue weighted by atomic mass is 32.2. The molecule has 1 aromatic carbocycles. The summed E-state index contributed by atoms with van der Waals surface area (Å²) in [4.78, 5) is 0. The number of rotatable bonds is 6. The van der Waals surface area contributed by atoms with Crippen LogP contribution >= 0.6 is 11.8 Å². The molecule has 0 aliphatic heterocycles. The number of nitrogens with one attached hydrogen (secondary N) is 1. The summed E-state index contributed by atoms with van der Waals surface area (Å²) < 4.78 is 26.1. The first-order valence-corrected chi connectivity index (χ1v) is 9.18. The van der Waals surface area contributed by atoms with Gasteiger partial charge in [-0.05, 0) is 41.5 Å². The van der Waals surface area contributed by atoms with Crippen molar-refractivity contribution in [1.29, 1.82) is 0 Å². The lowest BCUT2D eigenvalue weighted by Gasteiger charge is -2.09. The molecule has 0 atom stereocenters. The Hall–Kier alpha value is -1.45. The Morgan fingerprint density at radius 3 is 2.81 bits per heavy atom. The normalized spacial score (nSPS) is 11.8. The number of aryl methyl sites for hydroxylation is 1. The van der Waals surface area contributed by atoms with Crippen LogP contribution in [0.3, 0.4) is 0 Å². The largest absolute Gasteiger partial charge is 0.215 e. The molecule has 0 unspecified atom stereocenters. The average Bonchev–Trinajstić information content (AvgIpc) is 2.85. The van der Waals surface area contributed by atoms with Crippen molar-refractivity contribution < 1.29 is 8.42 Å². The van der Waals surface area contributed by atoms with Crippen molar-refractivity contribution in [3.63, 3.8) is 0 Å². The number of benzene rings is 1. The van der Waals surface area contributed by atoms with Gasteiger partial charge in [-0.1, -0.05) is 23.9 Å². The Balaban J connectivity index is 2.10. The molecule has 1 heterocycles. The fourth-order valence-corrected chi connectivity index (χ4v) is 3.09. The Morgan fingerprint density at radius 2 is 2.10 bits per heavy atom. The summed E-state index contributed by atoms with van der Waals surface area (Å²) in [5.41, 5.74) is 3.21. The minimum absolute atomic E-state index is 0.336. The molecule has 0 saturated heterocycles. The van der Waals surface area contributed by atoms with E-state index >= 15 is 0 Å². The van der Waals surface area contributed by atoms with Crippen LogP contribution in [0.5, 0.6) is 0 Å². The summed E-state index contributed by atoms with van der Waals surface area (Å²) in [6.07, 6.45) is 1.14. The van der Waals surface area contributed by atoms with Gasteiger partial charge >= 0.3 is 0 Å². The average molecular weight is 327 g/mol. The lowest BCUT2D eigenvalue weighted by molar-refractivity contribution is 0.590. The summed E-state index contributed by atoms with van der Waals surface area (Å²) in [6, 6.07) is 5.95. The predicted molar refractivity (Wildman–Crippen MR) is 82.2 cm³/mol. The van der Waals surface area contributed by atoms with Gasteiger partial charge in [-0.3, -0.25) is 0 Å². The number of thioether (sulfide) groups is 1. The number of hydrogen-bond donors (Lipinski definition) is 1. The second-order valence-corrected chi connectivity index (χ2v) is 7.50. The van der Waals surface area contributed by atoms with E-state index < -0.39 is 10.0 Å². The molecule has 9 heteroatoms. The minimum atomic E-state index is -3.16. The van der Waals surface area contributed by atoms with E-state index in [-0.39, 0.29) is 0 Å². The van der Waals surface area contributed by atoms with Crippen molar-refractivity contribution in [2.45, 2.75) is 19.0 Å². The van der Waals surface area contributed by atoms with E-state index in [2.05, 4.69) is 20.2 Å².